The minimum atomic E-state index is -0.0344. The maximum absolute atomic E-state index is 12.2. The number of anilines is 1. The number of nitrogens with zero attached hydrogens (tertiary/aromatic N) is 4. The Bertz CT molecular complexity index is 804. The molecule has 1 aromatic carbocycles. The molecule has 0 atom stereocenters. The summed E-state index contributed by atoms with van der Waals surface area (Å²) in [6.07, 6.45) is 0. The highest BCUT2D eigenvalue weighted by molar-refractivity contribution is 7.98. The Labute approximate surface area is 185 Å². The molecule has 1 amide bonds. The van der Waals surface area contributed by atoms with Crippen molar-refractivity contribution >= 4 is 23.5 Å². The Morgan fingerprint density at radius 1 is 1.10 bits per heavy atom. The quantitative estimate of drug-likeness (QED) is 0.430. The van der Waals surface area contributed by atoms with Crippen molar-refractivity contribution < 1.29 is 4.79 Å². The third-order valence-electron chi connectivity index (χ3n) is 4.82. The summed E-state index contributed by atoms with van der Waals surface area (Å²) in [5, 5.41) is 3.74. The number of rotatable bonds is 11. The molecule has 2 aromatic rings. The molecule has 0 fully saturated rings. The second-order valence-electron chi connectivity index (χ2n) is 7.81. The predicted molar refractivity (Wildman–Crippen MR) is 127 cm³/mol. The van der Waals surface area contributed by atoms with Crippen molar-refractivity contribution in [2.45, 2.75) is 44.5 Å². The van der Waals surface area contributed by atoms with Crippen LogP contribution in [-0.2, 0) is 5.75 Å². The van der Waals surface area contributed by atoms with E-state index >= 15 is 0 Å². The van der Waals surface area contributed by atoms with E-state index < -0.39 is 0 Å². The van der Waals surface area contributed by atoms with Crippen molar-refractivity contribution in [2.24, 2.45) is 0 Å². The molecule has 1 heterocycles. The van der Waals surface area contributed by atoms with Crippen LogP contribution in [0.25, 0.3) is 0 Å². The van der Waals surface area contributed by atoms with Gasteiger partial charge in [-0.05, 0) is 51.6 Å². The highest BCUT2D eigenvalue weighted by atomic mass is 32.2. The summed E-state index contributed by atoms with van der Waals surface area (Å²) in [4.78, 5) is 26.0. The van der Waals surface area contributed by atoms with Gasteiger partial charge in [0.1, 0.15) is 5.82 Å². The number of carbonyl (C=O) groups is 1. The molecule has 0 saturated heterocycles. The van der Waals surface area contributed by atoms with Crippen LogP contribution in [0.3, 0.4) is 0 Å². The topological polar surface area (TPSA) is 61.4 Å². The van der Waals surface area contributed by atoms with Crippen LogP contribution in [0.5, 0.6) is 0 Å². The van der Waals surface area contributed by atoms with E-state index in [0.717, 1.165) is 47.6 Å². The Balaban J connectivity index is 2.03. The van der Waals surface area contributed by atoms with Crippen LogP contribution in [0.2, 0.25) is 0 Å². The van der Waals surface area contributed by atoms with Gasteiger partial charge in [0, 0.05) is 49.3 Å². The van der Waals surface area contributed by atoms with Crippen molar-refractivity contribution in [3.63, 3.8) is 0 Å². The Hall–Kier alpha value is -2.12. The van der Waals surface area contributed by atoms with Gasteiger partial charge < -0.3 is 15.1 Å². The highest BCUT2D eigenvalue weighted by Crippen LogP contribution is 2.25. The van der Waals surface area contributed by atoms with E-state index in [1.54, 1.807) is 11.8 Å². The Kier molecular flexibility index (Phi) is 9.59. The summed E-state index contributed by atoms with van der Waals surface area (Å²) in [7, 11) is 3.98. The summed E-state index contributed by atoms with van der Waals surface area (Å²) in [5.41, 5.74) is 2.90. The molecule has 1 N–H and O–H groups in total. The maximum Gasteiger partial charge on any atom is 0.251 e. The van der Waals surface area contributed by atoms with Crippen molar-refractivity contribution in [3.8, 4) is 0 Å². The molecule has 7 heteroatoms. The number of nitrogens with one attached hydrogen (secondary N) is 1. The molecule has 0 aliphatic carbocycles. The third-order valence-corrected chi connectivity index (χ3v) is 5.74. The van der Waals surface area contributed by atoms with Crippen LogP contribution in [-0.4, -0.2) is 61.0 Å². The zero-order valence-electron chi connectivity index (χ0n) is 19.1. The zero-order valence-corrected chi connectivity index (χ0v) is 19.9. The first-order valence-electron chi connectivity index (χ1n) is 10.6. The van der Waals surface area contributed by atoms with Gasteiger partial charge in [-0.2, -0.15) is 0 Å². The first-order valence-corrected chi connectivity index (χ1v) is 11.6. The molecule has 30 heavy (non-hydrogen) atoms. The summed E-state index contributed by atoms with van der Waals surface area (Å²) in [6.45, 7) is 11.9. The molecule has 0 radical (unpaired) electrons. The van der Waals surface area contributed by atoms with Crippen molar-refractivity contribution in [1.29, 1.82) is 0 Å². The molecule has 6 nitrogen and oxygen atoms in total. The fraction of sp³-hybridized carbons (Fsp3) is 0.522. The smallest absolute Gasteiger partial charge is 0.251 e. The average molecular weight is 430 g/mol. The van der Waals surface area contributed by atoms with Crippen molar-refractivity contribution in [2.75, 3.05) is 45.2 Å². The van der Waals surface area contributed by atoms with Crippen LogP contribution >= 0.6 is 11.8 Å². The second kappa shape index (κ2) is 11.9. The first kappa shape index (κ1) is 24.2. The summed E-state index contributed by atoms with van der Waals surface area (Å²) in [6, 6.07) is 9.88. The number of likely N-dealkylation sites (N-methyl/N-ethyl adjacent to an activating group) is 1. The normalized spacial score (nSPS) is 11.2. The summed E-state index contributed by atoms with van der Waals surface area (Å²) >= 11 is 1.63. The van der Waals surface area contributed by atoms with E-state index in [9.17, 15) is 4.79 Å². The molecule has 0 unspecified atom stereocenters. The monoisotopic (exact) mass is 429 g/mol. The van der Waals surface area contributed by atoms with Gasteiger partial charge in [0.2, 0.25) is 0 Å². The lowest BCUT2D eigenvalue weighted by Crippen LogP contribution is -2.31. The number of thioether (sulfide) groups is 1. The van der Waals surface area contributed by atoms with Gasteiger partial charge >= 0.3 is 0 Å². The van der Waals surface area contributed by atoms with Gasteiger partial charge in [-0.1, -0.05) is 37.7 Å². The lowest BCUT2D eigenvalue weighted by Gasteiger charge is -2.21. The van der Waals surface area contributed by atoms with Gasteiger partial charge in [-0.25, -0.2) is 9.97 Å². The lowest BCUT2D eigenvalue weighted by molar-refractivity contribution is 0.0951. The second-order valence-corrected chi connectivity index (χ2v) is 8.75. The van der Waals surface area contributed by atoms with Crippen LogP contribution in [0.15, 0.2) is 35.5 Å². The van der Waals surface area contributed by atoms with Crippen LogP contribution in [0, 0.1) is 0 Å². The molecule has 0 aliphatic rings. The average Bonchev–Trinajstić information content (AvgIpc) is 2.73. The van der Waals surface area contributed by atoms with Gasteiger partial charge in [0.05, 0.1) is 0 Å². The van der Waals surface area contributed by atoms with E-state index in [0.29, 0.717) is 18.0 Å². The van der Waals surface area contributed by atoms with Gasteiger partial charge in [-0.3, -0.25) is 4.79 Å². The van der Waals surface area contributed by atoms with E-state index in [1.807, 2.05) is 43.3 Å². The maximum atomic E-state index is 12.2. The van der Waals surface area contributed by atoms with Gasteiger partial charge in [0.15, 0.2) is 5.16 Å². The fourth-order valence-corrected chi connectivity index (χ4v) is 3.71. The summed E-state index contributed by atoms with van der Waals surface area (Å²) in [5.74, 6) is 2.08. The standard InChI is InChI=1S/C23H35N5OS/c1-7-28(8-2)21-15-20(17(3)4)25-23(26-21)30-16-18-9-11-19(12-10-18)22(29)24-13-14-27(5)6/h9-12,15,17H,7-8,13-14,16H2,1-6H3,(H,24,29). The summed E-state index contributed by atoms with van der Waals surface area (Å²) < 4.78 is 0. The van der Waals surface area contributed by atoms with Crippen LogP contribution in [0.4, 0.5) is 5.82 Å². The largest absolute Gasteiger partial charge is 0.357 e. The molecule has 164 valence electrons. The van der Waals surface area contributed by atoms with E-state index in [2.05, 4.69) is 44.0 Å². The zero-order chi connectivity index (χ0) is 22.1. The van der Waals surface area contributed by atoms with Crippen molar-refractivity contribution in [1.82, 2.24) is 20.2 Å². The number of hydrogen-bond donors (Lipinski definition) is 1. The van der Waals surface area contributed by atoms with E-state index in [4.69, 9.17) is 9.97 Å². The number of carbonyl (C=O) groups excluding carboxylic acids is 1. The first-order chi connectivity index (χ1) is 14.3. The molecule has 1 aromatic heterocycles. The molecule has 0 bridgehead atoms. The highest BCUT2D eigenvalue weighted by Gasteiger charge is 2.12. The molecule has 0 aliphatic heterocycles. The Morgan fingerprint density at radius 2 is 1.77 bits per heavy atom. The Morgan fingerprint density at radius 3 is 2.33 bits per heavy atom. The minimum absolute atomic E-state index is 0.0344. The van der Waals surface area contributed by atoms with E-state index in [-0.39, 0.29) is 5.91 Å². The molecule has 2 rings (SSSR count). The lowest BCUT2D eigenvalue weighted by atomic mass is 10.1. The fourth-order valence-electron chi connectivity index (χ4n) is 2.90. The molecular formula is C23H35N5OS. The number of amides is 1. The third kappa shape index (κ3) is 7.29. The molecule has 0 saturated carbocycles. The molecular weight excluding hydrogens is 394 g/mol. The van der Waals surface area contributed by atoms with Crippen LogP contribution in [0.1, 0.15) is 55.2 Å². The molecule has 0 spiro atoms. The van der Waals surface area contributed by atoms with Crippen LogP contribution < -0.4 is 10.2 Å². The predicted octanol–water partition coefficient (Wildman–Crippen LogP) is 4.03. The van der Waals surface area contributed by atoms with E-state index in [1.165, 1.54) is 0 Å². The van der Waals surface area contributed by atoms with Crippen molar-refractivity contribution in [3.05, 3.63) is 47.2 Å². The van der Waals surface area contributed by atoms with Gasteiger partial charge in [0.25, 0.3) is 5.91 Å². The number of hydrogen-bond acceptors (Lipinski definition) is 6. The SMILES string of the molecule is CCN(CC)c1cc(C(C)C)nc(SCc2ccc(C(=O)NCCN(C)C)cc2)n1. The number of aromatic nitrogens is 2. The van der Waals surface area contributed by atoms with Gasteiger partial charge in [-0.15, -0.1) is 0 Å². The number of benzene rings is 1. The minimum Gasteiger partial charge on any atom is -0.357 e.